The van der Waals surface area contributed by atoms with E-state index in [4.69, 9.17) is 50.9 Å². The fraction of sp³-hybridized carbons (Fsp3) is 0.375. The van der Waals surface area contributed by atoms with Crippen molar-refractivity contribution in [3.05, 3.63) is 67.9 Å². The summed E-state index contributed by atoms with van der Waals surface area (Å²) in [6.07, 6.45) is 1.81. The third-order valence-electron chi connectivity index (χ3n) is 5.67. The quantitative estimate of drug-likeness (QED) is 0.290. The van der Waals surface area contributed by atoms with Gasteiger partial charge in [-0.05, 0) is 55.3 Å². The van der Waals surface area contributed by atoms with Crippen LogP contribution in [0.5, 0.6) is 0 Å². The molecule has 1 saturated heterocycles. The van der Waals surface area contributed by atoms with E-state index < -0.39 is 0 Å². The Labute approximate surface area is 228 Å². The Morgan fingerprint density at radius 1 is 1.11 bits per heavy atom. The van der Waals surface area contributed by atoms with Gasteiger partial charge in [0.05, 0.1) is 27.5 Å². The van der Waals surface area contributed by atoms with Gasteiger partial charge in [0, 0.05) is 35.2 Å². The molecule has 11 heteroatoms. The molecule has 0 aliphatic carbocycles. The smallest absolute Gasteiger partial charge is 0.241 e. The molecule has 1 unspecified atom stereocenters. The zero-order valence-electron chi connectivity index (χ0n) is 18.8. The number of likely N-dealkylation sites (tertiary alicyclic amines) is 1. The van der Waals surface area contributed by atoms with Crippen molar-refractivity contribution < 1.29 is 9.32 Å². The average Bonchev–Trinajstić information content (AvgIpc) is 3.29. The Morgan fingerprint density at radius 2 is 1.97 bits per heavy atom. The van der Waals surface area contributed by atoms with Crippen LogP contribution >= 0.6 is 58.2 Å². The Morgan fingerprint density at radius 3 is 2.77 bits per heavy atom. The zero-order chi connectivity index (χ0) is 24.8. The lowest BCUT2D eigenvalue weighted by Gasteiger charge is -2.30. The lowest BCUT2D eigenvalue weighted by atomic mass is 9.97. The number of halogens is 4. The highest BCUT2D eigenvalue weighted by Gasteiger charge is 2.27. The number of nitrogens with zero attached hydrogens (tertiary/aromatic N) is 3. The van der Waals surface area contributed by atoms with E-state index in [1.165, 1.54) is 0 Å². The number of amides is 1. The molecule has 6 nitrogen and oxygen atoms in total. The van der Waals surface area contributed by atoms with E-state index in [0.717, 1.165) is 36.5 Å². The van der Waals surface area contributed by atoms with E-state index in [1.807, 2.05) is 12.1 Å². The van der Waals surface area contributed by atoms with E-state index in [1.54, 1.807) is 36.0 Å². The number of piperidine rings is 1. The van der Waals surface area contributed by atoms with Crippen LogP contribution in [0.15, 0.2) is 40.9 Å². The third kappa shape index (κ3) is 7.51. The first kappa shape index (κ1) is 26.6. The van der Waals surface area contributed by atoms with Gasteiger partial charge in [-0.1, -0.05) is 57.6 Å². The van der Waals surface area contributed by atoms with Gasteiger partial charge in [-0.15, -0.1) is 0 Å². The number of thioether (sulfide) groups is 1. The summed E-state index contributed by atoms with van der Waals surface area (Å²) in [7, 11) is 0. The van der Waals surface area contributed by atoms with Gasteiger partial charge in [-0.25, -0.2) is 0 Å². The summed E-state index contributed by atoms with van der Waals surface area (Å²) in [5, 5.41) is 9.25. The Balaban J connectivity index is 1.21. The van der Waals surface area contributed by atoms with Gasteiger partial charge in [0.2, 0.25) is 17.6 Å². The van der Waals surface area contributed by atoms with Crippen molar-refractivity contribution in [2.45, 2.75) is 25.1 Å². The van der Waals surface area contributed by atoms with Crippen LogP contribution < -0.4 is 5.32 Å². The normalized spacial score (nSPS) is 16.4. The van der Waals surface area contributed by atoms with Gasteiger partial charge in [0.15, 0.2) is 0 Å². The molecule has 1 aromatic heterocycles. The summed E-state index contributed by atoms with van der Waals surface area (Å²) in [5.74, 6) is 2.58. The molecule has 4 rings (SSSR count). The number of benzene rings is 2. The fourth-order valence-corrected chi connectivity index (χ4v) is 5.53. The lowest BCUT2D eigenvalue weighted by Crippen LogP contribution is -2.43. The molecule has 1 aliphatic rings. The highest BCUT2D eigenvalue weighted by atomic mass is 35.5. The number of hydrogen-bond acceptors (Lipinski definition) is 6. The zero-order valence-corrected chi connectivity index (χ0v) is 22.6. The second-order valence-electron chi connectivity index (χ2n) is 8.30. The second kappa shape index (κ2) is 12.7. The van der Waals surface area contributed by atoms with Crippen LogP contribution in [0.25, 0.3) is 11.4 Å². The van der Waals surface area contributed by atoms with E-state index >= 15 is 0 Å². The molecule has 1 atom stereocenters. The Bertz CT molecular complexity index is 1180. The summed E-state index contributed by atoms with van der Waals surface area (Å²) in [5.41, 5.74) is 1.78. The minimum Gasteiger partial charge on any atom is -0.355 e. The summed E-state index contributed by atoms with van der Waals surface area (Å²) < 4.78 is 5.43. The van der Waals surface area contributed by atoms with E-state index in [2.05, 4.69) is 20.4 Å². The number of carbonyl (C=O) groups is 1. The first-order valence-corrected chi connectivity index (χ1v) is 13.9. The molecule has 186 valence electrons. The first-order chi connectivity index (χ1) is 16.9. The molecule has 0 radical (unpaired) electrons. The summed E-state index contributed by atoms with van der Waals surface area (Å²) in [6.45, 7) is 2.64. The number of aromatic nitrogens is 2. The van der Waals surface area contributed by atoms with Crippen LogP contribution in [0.4, 0.5) is 0 Å². The largest absolute Gasteiger partial charge is 0.355 e. The van der Waals surface area contributed by atoms with Gasteiger partial charge in [-0.3, -0.25) is 9.69 Å². The van der Waals surface area contributed by atoms with E-state index in [9.17, 15) is 4.79 Å². The lowest BCUT2D eigenvalue weighted by molar-refractivity contribution is -0.126. The highest BCUT2D eigenvalue weighted by molar-refractivity contribution is 7.98. The number of nitrogens with one attached hydrogen (secondary N) is 1. The van der Waals surface area contributed by atoms with Crippen LogP contribution in [-0.2, 0) is 17.1 Å². The monoisotopic (exact) mass is 572 g/mol. The Hall–Kier alpha value is -1.48. The van der Waals surface area contributed by atoms with Crippen LogP contribution in [0.2, 0.25) is 20.1 Å². The molecule has 35 heavy (non-hydrogen) atoms. The number of carbonyl (C=O) groups excluding carboxylic acids is 1. The van der Waals surface area contributed by atoms with Gasteiger partial charge >= 0.3 is 0 Å². The standard InChI is InChI=1S/C24H24Cl4N4O2S/c25-17-4-5-18(20(27)11-17)23-30-22(34-31-23)13-32-8-1-2-16(12-32)24(33)29-7-9-35-14-15-3-6-19(26)21(28)10-15/h3-6,10-11,16H,1-2,7-9,12-14H2,(H,29,33). The van der Waals surface area contributed by atoms with Gasteiger partial charge in [0.1, 0.15) is 0 Å². The maximum absolute atomic E-state index is 12.7. The molecule has 1 aliphatic heterocycles. The second-order valence-corrected chi connectivity index (χ2v) is 11.1. The molecule has 0 bridgehead atoms. The van der Waals surface area contributed by atoms with Gasteiger partial charge < -0.3 is 9.84 Å². The molecule has 3 aromatic rings. The SMILES string of the molecule is O=C(NCCSCc1ccc(Cl)c(Cl)c1)C1CCCN(Cc2nc(-c3ccc(Cl)cc3Cl)no2)C1. The van der Waals surface area contributed by atoms with Crippen LogP contribution in [-0.4, -0.2) is 46.3 Å². The molecule has 1 amide bonds. The third-order valence-corrected chi connectivity index (χ3v) is 7.99. The van der Waals surface area contributed by atoms with Gasteiger partial charge in [-0.2, -0.15) is 16.7 Å². The van der Waals surface area contributed by atoms with Crippen molar-refractivity contribution in [1.82, 2.24) is 20.4 Å². The van der Waals surface area contributed by atoms with Crippen LogP contribution in [0.1, 0.15) is 24.3 Å². The molecular formula is C24H24Cl4N4O2S. The van der Waals surface area contributed by atoms with Crippen molar-refractivity contribution in [1.29, 1.82) is 0 Å². The molecule has 1 N–H and O–H groups in total. The maximum Gasteiger partial charge on any atom is 0.241 e. The minimum atomic E-state index is -0.0584. The van der Waals surface area contributed by atoms with E-state index in [-0.39, 0.29) is 11.8 Å². The van der Waals surface area contributed by atoms with Crippen LogP contribution in [0.3, 0.4) is 0 Å². The molecular weight excluding hydrogens is 550 g/mol. The average molecular weight is 574 g/mol. The summed E-state index contributed by atoms with van der Waals surface area (Å²) in [6, 6.07) is 10.8. The molecule has 2 aromatic carbocycles. The number of hydrogen-bond donors (Lipinski definition) is 1. The maximum atomic E-state index is 12.7. The predicted molar refractivity (Wildman–Crippen MR) is 143 cm³/mol. The van der Waals surface area contributed by atoms with Crippen molar-refractivity contribution >= 4 is 64.1 Å². The molecule has 1 fully saturated rings. The van der Waals surface area contributed by atoms with Crippen molar-refractivity contribution in [3.8, 4) is 11.4 Å². The van der Waals surface area contributed by atoms with Crippen molar-refractivity contribution in [2.24, 2.45) is 5.92 Å². The molecule has 0 saturated carbocycles. The van der Waals surface area contributed by atoms with Crippen molar-refractivity contribution in [3.63, 3.8) is 0 Å². The summed E-state index contributed by atoms with van der Waals surface area (Å²) >= 11 is 26.0. The molecule has 0 spiro atoms. The van der Waals surface area contributed by atoms with Crippen LogP contribution in [0, 0.1) is 5.92 Å². The fourth-order valence-electron chi connectivity index (χ4n) is 3.91. The minimum absolute atomic E-state index is 0.0584. The predicted octanol–water partition coefficient (Wildman–Crippen LogP) is 6.61. The van der Waals surface area contributed by atoms with Gasteiger partial charge in [0.25, 0.3) is 0 Å². The topological polar surface area (TPSA) is 71.3 Å². The summed E-state index contributed by atoms with van der Waals surface area (Å²) in [4.78, 5) is 19.4. The first-order valence-electron chi connectivity index (χ1n) is 11.2. The molecule has 2 heterocycles. The highest BCUT2D eigenvalue weighted by Crippen LogP contribution is 2.29. The Kier molecular flexibility index (Phi) is 9.61. The van der Waals surface area contributed by atoms with Crippen molar-refractivity contribution in [2.75, 3.05) is 25.4 Å². The number of rotatable bonds is 9. The van der Waals surface area contributed by atoms with E-state index in [0.29, 0.717) is 57.0 Å².